The van der Waals surface area contributed by atoms with Gasteiger partial charge in [-0.1, -0.05) is 31.2 Å². The summed E-state index contributed by atoms with van der Waals surface area (Å²) in [6.45, 7) is 1.78. The minimum absolute atomic E-state index is 0.0755. The van der Waals surface area contributed by atoms with E-state index in [1.54, 1.807) is 19.1 Å². The fourth-order valence-electron chi connectivity index (χ4n) is 3.72. The maximum Gasteiger partial charge on any atom is 0.416 e. The van der Waals surface area contributed by atoms with E-state index in [1.165, 1.54) is 12.1 Å². The molecule has 0 saturated heterocycles. The number of aromatic hydroxyl groups is 1. The van der Waals surface area contributed by atoms with E-state index in [2.05, 4.69) is 5.32 Å². The maximum atomic E-state index is 12.8. The van der Waals surface area contributed by atoms with Crippen LogP contribution in [0.5, 0.6) is 5.75 Å². The van der Waals surface area contributed by atoms with Crippen LogP contribution in [0.1, 0.15) is 54.0 Å². The van der Waals surface area contributed by atoms with Gasteiger partial charge in [-0.15, -0.1) is 0 Å². The Morgan fingerprint density at radius 2 is 1.89 bits per heavy atom. The number of halogens is 3. The first kappa shape index (κ1) is 20.2. The summed E-state index contributed by atoms with van der Waals surface area (Å²) in [4.78, 5) is 12.8. The molecule has 3 unspecified atom stereocenters. The highest BCUT2D eigenvalue weighted by Gasteiger charge is 2.34. The van der Waals surface area contributed by atoms with E-state index in [-0.39, 0.29) is 11.7 Å². The number of aryl methyl sites for hydroxylation is 1. The lowest BCUT2D eigenvalue weighted by Crippen LogP contribution is -2.41. The molecule has 3 N–H and O–H groups in total. The number of aliphatic hydroxyl groups excluding tert-OH is 1. The summed E-state index contributed by atoms with van der Waals surface area (Å²) >= 11 is 0. The lowest BCUT2D eigenvalue weighted by Gasteiger charge is -2.25. The van der Waals surface area contributed by atoms with Gasteiger partial charge in [-0.05, 0) is 48.6 Å². The molecule has 0 heterocycles. The van der Waals surface area contributed by atoms with Gasteiger partial charge in [0.05, 0.1) is 23.6 Å². The van der Waals surface area contributed by atoms with Gasteiger partial charge in [0.25, 0.3) is 0 Å². The summed E-state index contributed by atoms with van der Waals surface area (Å²) in [5.74, 6) is -0.741. The van der Waals surface area contributed by atoms with E-state index in [9.17, 15) is 28.2 Å². The second-order valence-corrected chi connectivity index (χ2v) is 7.03. The summed E-state index contributed by atoms with van der Waals surface area (Å²) < 4.78 is 38.1. The van der Waals surface area contributed by atoms with Crippen molar-refractivity contribution < 1.29 is 28.2 Å². The SMILES string of the molecule is CCC(NC(=O)C1CCc2cccc(O)c21)C(O)c1ccc(C(F)(F)F)cc1. The van der Waals surface area contributed by atoms with Crippen molar-refractivity contribution in [1.29, 1.82) is 0 Å². The normalized spacial score (nSPS) is 18.4. The number of rotatable bonds is 5. The molecule has 150 valence electrons. The number of carbonyl (C=O) groups excluding carboxylic acids is 1. The van der Waals surface area contributed by atoms with Crippen LogP contribution in [0.4, 0.5) is 13.2 Å². The summed E-state index contributed by atoms with van der Waals surface area (Å²) in [7, 11) is 0. The Morgan fingerprint density at radius 1 is 1.21 bits per heavy atom. The number of carbonyl (C=O) groups is 1. The summed E-state index contributed by atoms with van der Waals surface area (Å²) in [6.07, 6.45) is -3.94. The second-order valence-electron chi connectivity index (χ2n) is 7.03. The highest BCUT2D eigenvalue weighted by Crippen LogP contribution is 2.39. The Labute approximate surface area is 161 Å². The van der Waals surface area contributed by atoms with Crippen molar-refractivity contribution in [1.82, 2.24) is 5.32 Å². The zero-order chi connectivity index (χ0) is 20.5. The zero-order valence-electron chi connectivity index (χ0n) is 15.3. The number of fused-ring (bicyclic) bond motifs is 1. The fourth-order valence-corrected chi connectivity index (χ4v) is 3.72. The number of hydrogen-bond donors (Lipinski definition) is 3. The molecular weight excluding hydrogens is 371 g/mol. The molecule has 0 fully saturated rings. The second kappa shape index (κ2) is 7.83. The highest BCUT2D eigenvalue weighted by molar-refractivity contribution is 5.86. The molecule has 2 aromatic carbocycles. The number of phenols is 1. The highest BCUT2D eigenvalue weighted by atomic mass is 19.4. The Balaban J connectivity index is 1.73. The van der Waals surface area contributed by atoms with Crippen LogP contribution < -0.4 is 5.32 Å². The van der Waals surface area contributed by atoms with Crippen LogP contribution in [0.2, 0.25) is 0 Å². The van der Waals surface area contributed by atoms with Crippen molar-refractivity contribution in [2.75, 3.05) is 0 Å². The van der Waals surface area contributed by atoms with E-state index in [4.69, 9.17) is 0 Å². The molecule has 0 bridgehead atoms. The van der Waals surface area contributed by atoms with E-state index in [1.807, 2.05) is 6.07 Å². The van der Waals surface area contributed by atoms with Crippen molar-refractivity contribution in [3.63, 3.8) is 0 Å². The van der Waals surface area contributed by atoms with Crippen molar-refractivity contribution in [2.45, 2.75) is 50.4 Å². The van der Waals surface area contributed by atoms with Gasteiger partial charge in [0.15, 0.2) is 0 Å². The molecule has 3 atom stereocenters. The third-order valence-electron chi connectivity index (χ3n) is 5.27. The number of nitrogens with one attached hydrogen (secondary N) is 1. The fraction of sp³-hybridized carbons (Fsp3) is 0.381. The van der Waals surface area contributed by atoms with Gasteiger partial charge >= 0.3 is 6.18 Å². The van der Waals surface area contributed by atoms with Gasteiger partial charge in [-0.2, -0.15) is 13.2 Å². The lowest BCUT2D eigenvalue weighted by molar-refractivity contribution is -0.137. The number of alkyl halides is 3. The van der Waals surface area contributed by atoms with Gasteiger partial charge in [-0.3, -0.25) is 4.79 Å². The Kier molecular flexibility index (Phi) is 5.65. The quantitative estimate of drug-likeness (QED) is 0.717. The molecule has 1 aliphatic rings. The third-order valence-corrected chi connectivity index (χ3v) is 5.27. The van der Waals surface area contributed by atoms with E-state index >= 15 is 0 Å². The van der Waals surface area contributed by atoms with Gasteiger partial charge < -0.3 is 15.5 Å². The van der Waals surface area contributed by atoms with Crippen molar-refractivity contribution in [2.24, 2.45) is 0 Å². The number of phenolic OH excluding ortho intramolecular Hbond substituents is 1. The topological polar surface area (TPSA) is 69.6 Å². The van der Waals surface area contributed by atoms with E-state index in [0.29, 0.717) is 30.4 Å². The molecule has 0 spiro atoms. The average molecular weight is 393 g/mol. The molecule has 0 aromatic heterocycles. The first-order chi connectivity index (χ1) is 13.2. The van der Waals surface area contributed by atoms with Crippen molar-refractivity contribution >= 4 is 5.91 Å². The standard InChI is InChI=1S/C21H22F3NO3/c1-2-16(19(27)13-6-9-14(10-7-13)21(22,23)24)25-20(28)15-11-8-12-4-3-5-17(26)18(12)15/h3-7,9-10,15-16,19,26-27H,2,8,11H2,1H3,(H,25,28). The summed E-state index contributed by atoms with van der Waals surface area (Å²) in [6, 6.07) is 8.76. The number of hydrogen-bond acceptors (Lipinski definition) is 3. The van der Waals surface area contributed by atoms with Gasteiger partial charge in [-0.25, -0.2) is 0 Å². The molecule has 1 aliphatic carbocycles. The van der Waals surface area contributed by atoms with Crippen LogP contribution in [0.15, 0.2) is 42.5 Å². The average Bonchev–Trinajstić information content (AvgIpc) is 3.10. The molecule has 1 amide bonds. The molecule has 0 radical (unpaired) electrons. The predicted octanol–water partition coefficient (Wildman–Crippen LogP) is 4.07. The third kappa shape index (κ3) is 3.99. The van der Waals surface area contributed by atoms with Crippen LogP contribution in [0.25, 0.3) is 0 Å². The molecule has 7 heteroatoms. The maximum absolute atomic E-state index is 12.8. The van der Waals surface area contributed by atoms with E-state index < -0.39 is 29.8 Å². The molecule has 2 aromatic rings. The largest absolute Gasteiger partial charge is 0.508 e. The van der Waals surface area contributed by atoms with Crippen LogP contribution in [0.3, 0.4) is 0 Å². The number of benzene rings is 2. The Bertz CT molecular complexity index is 849. The van der Waals surface area contributed by atoms with Gasteiger partial charge in [0.2, 0.25) is 5.91 Å². The minimum atomic E-state index is -4.44. The lowest BCUT2D eigenvalue weighted by atomic mass is 9.96. The Morgan fingerprint density at radius 3 is 2.50 bits per heavy atom. The molecule has 0 aliphatic heterocycles. The van der Waals surface area contributed by atoms with Gasteiger partial charge in [0.1, 0.15) is 5.75 Å². The molecule has 28 heavy (non-hydrogen) atoms. The predicted molar refractivity (Wildman–Crippen MR) is 97.8 cm³/mol. The molecule has 4 nitrogen and oxygen atoms in total. The molecule has 0 saturated carbocycles. The van der Waals surface area contributed by atoms with Crippen molar-refractivity contribution in [3.8, 4) is 5.75 Å². The first-order valence-corrected chi connectivity index (χ1v) is 9.18. The summed E-state index contributed by atoms with van der Waals surface area (Å²) in [5.41, 5.74) is 1.05. The first-order valence-electron chi connectivity index (χ1n) is 9.18. The van der Waals surface area contributed by atoms with Gasteiger partial charge in [0, 0.05) is 5.56 Å². The number of aliphatic hydroxyl groups is 1. The van der Waals surface area contributed by atoms with Crippen LogP contribution in [-0.2, 0) is 17.4 Å². The summed E-state index contributed by atoms with van der Waals surface area (Å²) in [5, 5.41) is 23.5. The van der Waals surface area contributed by atoms with Crippen LogP contribution in [-0.4, -0.2) is 22.2 Å². The smallest absolute Gasteiger partial charge is 0.416 e. The zero-order valence-corrected chi connectivity index (χ0v) is 15.3. The monoisotopic (exact) mass is 393 g/mol. The van der Waals surface area contributed by atoms with E-state index in [0.717, 1.165) is 17.7 Å². The number of amides is 1. The minimum Gasteiger partial charge on any atom is -0.508 e. The van der Waals surface area contributed by atoms with Crippen molar-refractivity contribution in [3.05, 3.63) is 64.7 Å². The molecule has 3 rings (SSSR count). The van der Waals surface area contributed by atoms with Crippen LogP contribution >= 0.6 is 0 Å². The van der Waals surface area contributed by atoms with Crippen LogP contribution in [0, 0.1) is 0 Å². The Hall–Kier alpha value is -2.54. The molecular formula is C21H22F3NO3.